The summed E-state index contributed by atoms with van der Waals surface area (Å²) in [6, 6.07) is 8.28. The Labute approximate surface area is 183 Å². The molecule has 3 aromatic heterocycles. The van der Waals surface area contributed by atoms with Gasteiger partial charge in [-0.25, -0.2) is 4.98 Å². The highest BCUT2D eigenvalue weighted by molar-refractivity contribution is 5.69. The van der Waals surface area contributed by atoms with Crippen molar-refractivity contribution in [2.75, 3.05) is 19.1 Å². The third kappa shape index (κ3) is 4.54. The molecule has 8 nitrogen and oxygen atoms in total. The van der Waals surface area contributed by atoms with Crippen LogP contribution in [0.3, 0.4) is 0 Å². The van der Waals surface area contributed by atoms with Gasteiger partial charge < -0.3 is 15.0 Å². The Hall–Kier alpha value is -3.00. The number of aromatic amines is 1. The van der Waals surface area contributed by atoms with Crippen LogP contribution in [-0.4, -0.2) is 56.7 Å². The molecule has 3 aromatic rings. The number of hydrogen-bond acceptors (Lipinski definition) is 7. The van der Waals surface area contributed by atoms with Crippen LogP contribution in [0.15, 0.2) is 36.7 Å². The van der Waals surface area contributed by atoms with Gasteiger partial charge in [-0.2, -0.15) is 5.10 Å². The first-order valence-electron chi connectivity index (χ1n) is 10.6. The second kappa shape index (κ2) is 7.92. The van der Waals surface area contributed by atoms with Gasteiger partial charge >= 0.3 is 0 Å². The van der Waals surface area contributed by atoms with E-state index in [1.165, 1.54) is 0 Å². The molecule has 1 saturated heterocycles. The van der Waals surface area contributed by atoms with E-state index in [0.717, 1.165) is 41.2 Å². The average Bonchev–Trinajstić information content (AvgIpc) is 3.25. The third-order valence-corrected chi connectivity index (χ3v) is 5.85. The lowest BCUT2D eigenvalue weighted by Gasteiger charge is -2.49. The molecule has 0 aliphatic carbocycles. The van der Waals surface area contributed by atoms with Crippen molar-refractivity contribution in [3.05, 3.63) is 36.7 Å². The zero-order valence-electron chi connectivity index (χ0n) is 19.1. The highest BCUT2D eigenvalue weighted by Gasteiger charge is 2.39. The number of methoxy groups -OCH3 is 1. The van der Waals surface area contributed by atoms with E-state index in [4.69, 9.17) is 4.74 Å². The van der Waals surface area contributed by atoms with Gasteiger partial charge in [0, 0.05) is 35.9 Å². The standard InChI is InChI=1S/C23H31N7O/c1-22(2)11-16(12-23(3,4)29-22)30(5)20-10-9-19(27-28-20)17-7-8-18(26-21(17)31-6)15-13-24-25-14-15/h7-10,13-14,16,29H,11-12H2,1-6H3,(H,24,25). The van der Waals surface area contributed by atoms with Crippen molar-refractivity contribution in [1.29, 1.82) is 0 Å². The molecule has 0 saturated carbocycles. The first-order chi connectivity index (χ1) is 14.7. The van der Waals surface area contributed by atoms with Gasteiger partial charge in [-0.05, 0) is 64.8 Å². The maximum absolute atomic E-state index is 5.53. The van der Waals surface area contributed by atoms with Crippen LogP contribution in [0.2, 0.25) is 0 Å². The van der Waals surface area contributed by atoms with Crippen LogP contribution in [0.4, 0.5) is 5.82 Å². The second-order valence-electron chi connectivity index (χ2n) is 9.58. The number of rotatable bonds is 5. The smallest absolute Gasteiger partial charge is 0.223 e. The van der Waals surface area contributed by atoms with Crippen LogP contribution < -0.4 is 15.0 Å². The van der Waals surface area contributed by atoms with E-state index in [1.54, 1.807) is 19.5 Å². The number of nitrogens with zero attached hydrogens (tertiary/aromatic N) is 5. The van der Waals surface area contributed by atoms with Crippen molar-refractivity contribution in [2.24, 2.45) is 0 Å². The summed E-state index contributed by atoms with van der Waals surface area (Å²) in [6.07, 6.45) is 5.62. The largest absolute Gasteiger partial charge is 0.480 e. The fraction of sp³-hybridized carbons (Fsp3) is 0.478. The fourth-order valence-corrected chi connectivity index (χ4v) is 4.73. The number of H-pyrrole nitrogens is 1. The number of aromatic nitrogens is 5. The molecular weight excluding hydrogens is 390 g/mol. The predicted octanol–water partition coefficient (Wildman–Crippen LogP) is 3.68. The van der Waals surface area contributed by atoms with Crippen LogP contribution in [-0.2, 0) is 0 Å². The van der Waals surface area contributed by atoms with E-state index in [2.05, 4.69) is 70.3 Å². The summed E-state index contributed by atoms with van der Waals surface area (Å²) >= 11 is 0. The molecule has 0 amide bonds. The number of piperidine rings is 1. The maximum atomic E-state index is 5.53. The quantitative estimate of drug-likeness (QED) is 0.649. The van der Waals surface area contributed by atoms with Crippen LogP contribution in [0.1, 0.15) is 40.5 Å². The van der Waals surface area contributed by atoms with Gasteiger partial charge in [0.1, 0.15) is 0 Å². The number of ether oxygens (including phenoxy) is 1. The molecule has 0 aromatic carbocycles. The summed E-state index contributed by atoms with van der Waals surface area (Å²) in [4.78, 5) is 6.85. The van der Waals surface area contributed by atoms with Crippen LogP contribution in [0, 0.1) is 0 Å². The van der Waals surface area contributed by atoms with Gasteiger partial charge in [-0.1, -0.05) is 0 Å². The predicted molar refractivity (Wildman–Crippen MR) is 122 cm³/mol. The zero-order valence-corrected chi connectivity index (χ0v) is 19.1. The molecule has 1 fully saturated rings. The lowest BCUT2D eigenvalue weighted by molar-refractivity contribution is 0.160. The average molecular weight is 422 g/mol. The molecule has 1 aliphatic rings. The molecule has 0 unspecified atom stereocenters. The molecule has 4 rings (SSSR count). The highest BCUT2D eigenvalue weighted by atomic mass is 16.5. The molecule has 0 bridgehead atoms. The summed E-state index contributed by atoms with van der Waals surface area (Å²) in [5.41, 5.74) is 3.37. The Balaban J connectivity index is 1.57. The molecule has 0 atom stereocenters. The van der Waals surface area contributed by atoms with E-state index >= 15 is 0 Å². The minimum absolute atomic E-state index is 0.0732. The Morgan fingerprint density at radius 1 is 1.00 bits per heavy atom. The van der Waals surface area contributed by atoms with Gasteiger partial charge in [0.15, 0.2) is 5.82 Å². The summed E-state index contributed by atoms with van der Waals surface area (Å²) < 4.78 is 5.53. The summed E-state index contributed by atoms with van der Waals surface area (Å²) in [5, 5.41) is 19.5. The van der Waals surface area contributed by atoms with Crippen LogP contribution in [0.5, 0.6) is 5.88 Å². The first kappa shape index (κ1) is 21.2. The summed E-state index contributed by atoms with van der Waals surface area (Å²) in [7, 11) is 3.72. The monoisotopic (exact) mass is 421 g/mol. The van der Waals surface area contributed by atoms with Gasteiger partial charge in [0.25, 0.3) is 0 Å². The van der Waals surface area contributed by atoms with Crippen molar-refractivity contribution in [3.63, 3.8) is 0 Å². The minimum Gasteiger partial charge on any atom is -0.480 e. The number of anilines is 1. The van der Waals surface area contributed by atoms with Crippen molar-refractivity contribution in [1.82, 2.24) is 30.7 Å². The van der Waals surface area contributed by atoms with Gasteiger partial charge in [-0.3, -0.25) is 5.10 Å². The lowest BCUT2D eigenvalue weighted by atomic mass is 9.79. The van der Waals surface area contributed by atoms with Crippen molar-refractivity contribution < 1.29 is 4.74 Å². The number of nitrogens with one attached hydrogen (secondary N) is 2. The lowest BCUT2D eigenvalue weighted by Crippen LogP contribution is -2.62. The molecule has 1 aliphatic heterocycles. The van der Waals surface area contributed by atoms with Gasteiger partial charge in [0.2, 0.25) is 5.88 Å². The Morgan fingerprint density at radius 2 is 1.71 bits per heavy atom. The van der Waals surface area contributed by atoms with Crippen LogP contribution >= 0.6 is 0 Å². The third-order valence-electron chi connectivity index (χ3n) is 5.85. The summed E-state index contributed by atoms with van der Waals surface area (Å²) in [6.45, 7) is 9.04. The topological polar surface area (TPSA) is 91.9 Å². The van der Waals surface area contributed by atoms with Crippen molar-refractivity contribution in [2.45, 2.75) is 57.7 Å². The van der Waals surface area contributed by atoms with Crippen molar-refractivity contribution >= 4 is 5.82 Å². The Morgan fingerprint density at radius 3 is 2.29 bits per heavy atom. The zero-order chi connectivity index (χ0) is 22.2. The Bertz CT molecular complexity index is 1010. The molecule has 164 valence electrons. The molecule has 4 heterocycles. The first-order valence-corrected chi connectivity index (χ1v) is 10.6. The van der Waals surface area contributed by atoms with Gasteiger partial charge in [-0.15, -0.1) is 10.2 Å². The molecule has 0 radical (unpaired) electrons. The Kier molecular flexibility index (Phi) is 5.43. The number of hydrogen-bond donors (Lipinski definition) is 2. The van der Waals surface area contributed by atoms with Gasteiger partial charge in [0.05, 0.1) is 30.3 Å². The van der Waals surface area contributed by atoms with E-state index in [0.29, 0.717) is 11.9 Å². The minimum atomic E-state index is 0.0732. The van der Waals surface area contributed by atoms with Crippen molar-refractivity contribution in [3.8, 4) is 28.4 Å². The number of pyridine rings is 1. The molecular formula is C23H31N7O. The van der Waals surface area contributed by atoms with E-state index < -0.39 is 0 Å². The molecule has 31 heavy (non-hydrogen) atoms. The van der Waals surface area contributed by atoms with Crippen LogP contribution in [0.25, 0.3) is 22.5 Å². The SMILES string of the molecule is COc1nc(-c2cn[nH]c2)ccc1-c1ccc(N(C)C2CC(C)(C)NC(C)(C)C2)nn1. The summed E-state index contributed by atoms with van der Waals surface area (Å²) in [5.74, 6) is 1.38. The maximum Gasteiger partial charge on any atom is 0.223 e. The molecule has 0 spiro atoms. The normalized spacial score (nSPS) is 18.0. The van der Waals surface area contributed by atoms with E-state index in [1.807, 2.05) is 24.3 Å². The molecule has 8 heteroatoms. The fourth-order valence-electron chi connectivity index (χ4n) is 4.73. The van der Waals surface area contributed by atoms with E-state index in [-0.39, 0.29) is 11.1 Å². The second-order valence-corrected chi connectivity index (χ2v) is 9.58. The van der Waals surface area contributed by atoms with E-state index in [9.17, 15) is 0 Å². The highest BCUT2D eigenvalue weighted by Crippen LogP contribution is 2.34. The molecule has 2 N–H and O–H groups in total.